The number of nitrogens with zero attached hydrogens (tertiary/aromatic N) is 2. The van der Waals surface area contributed by atoms with Crippen molar-refractivity contribution in [3.63, 3.8) is 0 Å². The number of alkyl halides is 5. The molecular weight excluding hydrogens is 435 g/mol. The molecule has 0 amide bonds. The van der Waals surface area contributed by atoms with E-state index in [1.54, 1.807) is 13.0 Å². The van der Waals surface area contributed by atoms with Gasteiger partial charge in [-0.2, -0.15) is 23.7 Å². The molecule has 0 aliphatic rings. The van der Waals surface area contributed by atoms with Gasteiger partial charge in [-0.15, -0.1) is 0 Å². The van der Waals surface area contributed by atoms with Gasteiger partial charge in [0.15, 0.2) is 0 Å². The summed E-state index contributed by atoms with van der Waals surface area (Å²) in [5.41, 5.74) is 0.197. The number of fused-ring (bicyclic) bond motifs is 1. The van der Waals surface area contributed by atoms with Gasteiger partial charge in [-0.25, -0.2) is 8.78 Å². The molecule has 0 saturated heterocycles. The maximum atomic E-state index is 13.6. The lowest BCUT2D eigenvalue weighted by molar-refractivity contribution is -0.137. The largest absolute Gasteiger partial charge is 0.416 e. The minimum Gasteiger partial charge on any atom is -0.210 e. The first-order chi connectivity index (χ1) is 15.3. The zero-order valence-electron chi connectivity index (χ0n) is 18.5. The molecule has 0 N–H and O–H groups in total. The van der Waals surface area contributed by atoms with Crippen LogP contribution in [0.15, 0.2) is 36.4 Å². The van der Waals surface area contributed by atoms with E-state index in [9.17, 15) is 32.5 Å². The molecule has 3 rings (SSSR count). The van der Waals surface area contributed by atoms with Crippen LogP contribution < -0.4 is 0 Å². The van der Waals surface area contributed by atoms with E-state index < -0.39 is 24.6 Å². The van der Waals surface area contributed by atoms with E-state index >= 15 is 0 Å². The van der Waals surface area contributed by atoms with Crippen LogP contribution in [0, 0.1) is 29.6 Å². The van der Waals surface area contributed by atoms with Gasteiger partial charge in [-0.05, 0) is 63.6 Å². The van der Waals surface area contributed by atoms with Crippen molar-refractivity contribution in [1.82, 2.24) is 0 Å². The smallest absolute Gasteiger partial charge is 0.210 e. The Bertz CT molecular complexity index is 1320. The molecule has 3 aromatic carbocycles. The van der Waals surface area contributed by atoms with Gasteiger partial charge in [0, 0.05) is 12.0 Å². The third kappa shape index (κ3) is 4.83. The Balaban J connectivity index is 2.51. The number of halogens is 5. The maximum absolute atomic E-state index is 13.6. The summed E-state index contributed by atoms with van der Waals surface area (Å²) >= 11 is 0. The summed E-state index contributed by atoms with van der Waals surface area (Å²) in [4.78, 5) is 0. The maximum Gasteiger partial charge on any atom is 0.416 e. The summed E-state index contributed by atoms with van der Waals surface area (Å²) in [5.74, 6) is 0. The summed E-state index contributed by atoms with van der Waals surface area (Å²) in [6, 6.07) is 12.0. The Morgan fingerprint density at radius 2 is 1.55 bits per heavy atom. The van der Waals surface area contributed by atoms with Crippen molar-refractivity contribution < 1.29 is 22.0 Å². The number of aryl methyl sites for hydroxylation is 1. The van der Waals surface area contributed by atoms with Gasteiger partial charge in [-0.3, -0.25) is 0 Å². The van der Waals surface area contributed by atoms with Gasteiger partial charge >= 0.3 is 6.18 Å². The quantitative estimate of drug-likeness (QED) is 0.380. The first kappa shape index (κ1) is 24.2. The molecule has 0 heterocycles. The lowest BCUT2D eigenvalue weighted by Gasteiger charge is -2.22. The third-order valence-corrected chi connectivity index (χ3v) is 5.53. The molecule has 0 aliphatic heterocycles. The standard InChI is InChI=1S/C26H21F5N2/c1-14-5-19(25(2,3)4)10-17-9-18(12-32)21(13-33)24(23(14)17)16-6-15(8-22(27)28)7-20(11-16)26(29,30)31/h5-7,9-11,22H,8H2,1-4H3. The molecule has 0 radical (unpaired) electrons. The van der Waals surface area contributed by atoms with E-state index in [-0.39, 0.29) is 33.2 Å². The van der Waals surface area contributed by atoms with E-state index in [0.717, 1.165) is 11.6 Å². The molecule has 0 saturated carbocycles. The van der Waals surface area contributed by atoms with Crippen LogP contribution in [0.3, 0.4) is 0 Å². The second-order valence-corrected chi connectivity index (χ2v) is 9.05. The molecule has 0 aliphatic carbocycles. The molecular formula is C26H21F5N2. The SMILES string of the molecule is Cc1cc(C(C)(C)C)cc2cc(C#N)c(C#N)c(-c3cc(CC(F)F)cc(C(F)(F)F)c3)c12. The number of rotatable bonds is 3. The van der Waals surface area contributed by atoms with Crippen LogP contribution in [0.1, 0.15) is 54.2 Å². The van der Waals surface area contributed by atoms with Crippen LogP contribution in [-0.4, -0.2) is 6.43 Å². The second kappa shape index (κ2) is 8.48. The van der Waals surface area contributed by atoms with Crippen LogP contribution in [-0.2, 0) is 18.0 Å². The van der Waals surface area contributed by atoms with E-state index in [1.165, 1.54) is 6.07 Å². The molecule has 3 aromatic rings. The summed E-state index contributed by atoms with van der Waals surface area (Å²) < 4.78 is 66.9. The van der Waals surface area contributed by atoms with Crippen molar-refractivity contribution in [2.45, 2.75) is 52.1 Å². The van der Waals surface area contributed by atoms with Crippen molar-refractivity contribution in [1.29, 1.82) is 10.5 Å². The fraction of sp³-hybridized carbons (Fsp3) is 0.308. The fourth-order valence-electron chi connectivity index (χ4n) is 3.98. The zero-order valence-corrected chi connectivity index (χ0v) is 18.5. The fourth-order valence-corrected chi connectivity index (χ4v) is 3.98. The average Bonchev–Trinajstić information content (AvgIpc) is 2.70. The molecule has 2 nitrogen and oxygen atoms in total. The topological polar surface area (TPSA) is 47.6 Å². The Kier molecular flexibility index (Phi) is 6.22. The Hall–Kier alpha value is -3.45. The second-order valence-electron chi connectivity index (χ2n) is 9.05. The number of benzene rings is 3. The highest BCUT2D eigenvalue weighted by Crippen LogP contribution is 2.41. The van der Waals surface area contributed by atoms with Crippen molar-refractivity contribution in [2.75, 3.05) is 0 Å². The average molecular weight is 456 g/mol. The summed E-state index contributed by atoms with van der Waals surface area (Å²) in [6.45, 7) is 7.80. The van der Waals surface area contributed by atoms with E-state index in [0.29, 0.717) is 22.4 Å². The van der Waals surface area contributed by atoms with E-state index in [4.69, 9.17) is 0 Å². The number of nitriles is 2. The van der Waals surface area contributed by atoms with Crippen LogP contribution in [0.25, 0.3) is 21.9 Å². The zero-order chi connectivity index (χ0) is 24.7. The summed E-state index contributed by atoms with van der Waals surface area (Å²) in [5, 5.41) is 20.6. The molecule has 0 aromatic heterocycles. The van der Waals surface area contributed by atoms with Gasteiger partial charge < -0.3 is 0 Å². The highest BCUT2D eigenvalue weighted by molar-refractivity contribution is 6.03. The molecule has 0 bridgehead atoms. The highest BCUT2D eigenvalue weighted by atomic mass is 19.4. The van der Waals surface area contributed by atoms with Crippen molar-refractivity contribution in [3.05, 3.63) is 69.8 Å². The Morgan fingerprint density at radius 1 is 0.879 bits per heavy atom. The first-order valence-electron chi connectivity index (χ1n) is 10.2. The minimum atomic E-state index is -4.77. The molecule has 0 fully saturated rings. The predicted octanol–water partition coefficient (Wildman–Crippen LogP) is 7.68. The van der Waals surface area contributed by atoms with E-state index in [2.05, 4.69) is 0 Å². The molecule has 33 heavy (non-hydrogen) atoms. The van der Waals surface area contributed by atoms with Crippen LogP contribution in [0.4, 0.5) is 22.0 Å². The molecule has 0 spiro atoms. The van der Waals surface area contributed by atoms with E-state index in [1.807, 2.05) is 45.0 Å². The number of hydrogen-bond donors (Lipinski definition) is 0. The van der Waals surface area contributed by atoms with Gasteiger partial charge in [0.25, 0.3) is 0 Å². The summed E-state index contributed by atoms with van der Waals surface area (Å²) in [6.07, 6.45) is -8.46. The Labute approximate surface area is 188 Å². The van der Waals surface area contributed by atoms with Gasteiger partial charge in [0.05, 0.1) is 16.7 Å². The predicted molar refractivity (Wildman–Crippen MR) is 117 cm³/mol. The lowest BCUT2D eigenvalue weighted by Crippen LogP contribution is -2.11. The van der Waals surface area contributed by atoms with Crippen molar-refractivity contribution >= 4 is 10.8 Å². The molecule has 0 unspecified atom stereocenters. The van der Waals surface area contributed by atoms with Gasteiger partial charge in [0.1, 0.15) is 12.1 Å². The van der Waals surface area contributed by atoms with Gasteiger partial charge in [0.2, 0.25) is 6.43 Å². The lowest BCUT2D eigenvalue weighted by atomic mass is 9.81. The third-order valence-electron chi connectivity index (χ3n) is 5.53. The van der Waals surface area contributed by atoms with Crippen molar-refractivity contribution in [3.8, 4) is 23.3 Å². The van der Waals surface area contributed by atoms with Crippen LogP contribution in [0.2, 0.25) is 0 Å². The van der Waals surface area contributed by atoms with Crippen molar-refractivity contribution in [2.24, 2.45) is 0 Å². The first-order valence-corrected chi connectivity index (χ1v) is 10.2. The monoisotopic (exact) mass is 456 g/mol. The summed E-state index contributed by atoms with van der Waals surface area (Å²) in [7, 11) is 0. The molecule has 0 atom stereocenters. The Morgan fingerprint density at radius 3 is 2.06 bits per heavy atom. The van der Waals surface area contributed by atoms with Gasteiger partial charge in [-0.1, -0.05) is 39.0 Å². The molecule has 7 heteroatoms. The normalized spacial score (nSPS) is 12.1. The molecule has 170 valence electrons. The number of hydrogen-bond acceptors (Lipinski definition) is 2. The minimum absolute atomic E-state index is 0.0123. The van der Waals surface area contributed by atoms with Crippen LogP contribution >= 0.6 is 0 Å². The highest BCUT2D eigenvalue weighted by Gasteiger charge is 2.32. The van der Waals surface area contributed by atoms with Crippen LogP contribution in [0.5, 0.6) is 0 Å².